The van der Waals surface area contributed by atoms with Crippen LogP contribution >= 0.6 is 0 Å². The minimum absolute atomic E-state index is 0.0599. The third-order valence-corrected chi connectivity index (χ3v) is 9.56. The molecule has 0 aromatic carbocycles. The zero-order chi connectivity index (χ0) is 35.0. The normalized spacial score (nSPS) is 12.1. The summed E-state index contributed by atoms with van der Waals surface area (Å²) >= 11 is 0. The summed E-state index contributed by atoms with van der Waals surface area (Å²) < 4.78 is 10.6. The molecule has 0 amide bonds. The van der Waals surface area contributed by atoms with E-state index in [9.17, 15) is 14.7 Å². The molecule has 284 valence electrons. The summed E-state index contributed by atoms with van der Waals surface area (Å²) in [6.07, 6.45) is 45.6. The highest BCUT2D eigenvalue weighted by Gasteiger charge is 2.16. The van der Waals surface area contributed by atoms with Gasteiger partial charge in [-0.2, -0.15) is 0 Å². The SMILES string of the molecule is CCCCCCCCC=CCCCCCCCCCCCCCC(=O)OC[C@H](CO)OC(=O)CCCCCCCCCCCCCCC. The summed E-state index contributed by atoms with van der Waals surface area (Å²) in [5.41, 5.74) is 0. The molecule has 0 aromatic rings. The van der Waals surface area contributed by atoms with Crippen LogP contribution in [0.5, 0.6) is 0 Å². The van der Waals surface area contributed by atoms with Crippen molar-refractivity contribution in [2.24, 2.45) is 0 Å². The van der Waals surface area contributed by atoms with Gasteiger partial charge in [-0.1, -0.05) is 193 Å². The van der Waals surface area contributed by atoms with Crippen molar-refractivity contribution in [2.45, 2.75) is 238 Å². The number of carbonyl (C=O) groups is 2. The van der Waals surface area contributed by atoms with Crippen LogP contribution in [0.15, 0.2) is 12.2 Å². The monoisotopic (exact) mass is 679 g/mol. The molecule has 0 aliphatic rings. The van der Waals surface area contributed by atoms with Crippen molar-refractivity contribution in [3.8, 4) is 0 Å². The number of aliphatic hydroxyl groups excluding tert-OH is 1. The fourth-order valence-corrected chi connectivity index (χ4v) is 6.31. The molecule has 0 saturated carbocycles. The van der Waals surface area contributed by atoms with Crippen molar-refractivity contribution in [2.75, 3.05) is 13.2 Å². The minimum Gasteiger partial charge on any atom is -0.462 e. The van der Waals surface area contributed by atoms with E-state index in [-0.39, 0.29) is 25.2 Å². The van der Waals surface area contributed by atoms with E-state index in [4.69, 9.17) is 9.47 Å². The van der Waals surface area contributed by atoms with Gasteiger partial charge < -0.3 is 14.6 Å². The number of aliphatic hydroxyl groups is 1. The van der Waals surface area contributed by atoms with Gasteiger partial charge in [0.05, 0.1) is 6.61 Å². The first kappa shape index (κ1) is 46.6. The van der Waals surface area contributed by atoms with E-state index >= 15 is 0 Å². The number of esters is 2. The van der Waals surface area contributed by atoms with E-state index in [0.29, 0.717) is 12.8 Å². The third-order valence-electron chi connectivity index (χ3n) is 9.56. The molecule has 48 heavy (non-hydrogen) atoms. The Morgan fingerprint density at radius 1 is 0.458 bits per heavy atom. The molecule has 0 heterocycles. The summed E-state index contributed by atoms with van der Waals surface area (Å²) in [7, 11) is 0. The zero-order valence-electron chi connectivity index (χ0n) is 32.3. The van der Waals surface area contributed by atoms with E-state index in [1.807, 2.05) is 0 Å². The highest BCUT2D eigenvalue weighted by Crippen LogP contribution is 2.15. The van der Waals surface area contributed by atoms with E-state index < -0.39 is 6.10 Å². The first-order valence-electron chi connectivity index (χ1n) is 21.2. The van der Waals surface area contributed by atoms with Crippen molar-refractivity contribution in [1.29, 1.82) is 0 Å². The Kier molecular flexibility index (Phi) is 38.9. The molecule has 0 radical (unpaired) electrons. The van der Waals surface area contributed by atoms with Crippen molar-refractivity contribution >= 4 is 11.9 Å². The summed E-state index contributed by atoms with van der Waals surface area (Å²) in [5.74, 6) is -0.579. The van der Waals surface area contributed by atoms with Crippen LogP contribution in [-0.4, -0.2) is 36.4 Å². The predicted octanol–water partition coefficient (Wildman–Crippen LogP) is 13.3. The lowest BCUT2D eigenvalue weighted by molar-refractivity contribution is -0.161. The summed E-state index contributed by atoms with van der Waals surface area (Å²) in [4.78, 5) is 24.3. The van der Waals surface area contributed by atoms with Crippen LogP contribution in [0.1, 0.15) is 232 Å². The lowest BCUT2D eigenvalue weighted by atomic mass is 10.0. The number of unbranched alkanes of at least 4 members (excludes halogenated alkanes) is 29. The van der Waals surface area contributed by atoms with Gasteiger partial charge in [0.15, 0.2) is 6.10 Å². The molecular weight excluding hydrogens is 596 g/mol. The molecule has 0 saturated heterocycles. The first-order chi connectivity index (χ1) is 23.6. The Labute approximate surface area is 299 Å². The van der Waals surface area contributed by atoms with E-state index in [1.54, 1.807) is 0 Å². The van der Waals surface area contributed by atoms with Gasteiger partial charge in [0, 0.05) is 12.8 Å². The smallest absolute Gasteiger partial charge is 0.306 e. The lowest BCUT2D eigenvalue weighted by Crippen LogP contribution is -2.28. The van der Waals surface area contributed by atoms with E-state index in [0.717, 1.165) is 38.5 Å². The molecule has 0 aliphatic heterocycles. The lowest BCUT2D eigenvalue weighted by Gasteiger charge is -2.15. The van der Waals surface area contributed by atoms with Crippen LogP contribution < -0.4 is 0 Å². The maximum absolute atomic E-state index is 12.2. The predicted molar refractivity (Wildman–Crippen MR) is 205 cm³/mol. The average Bonchev–Trinajstić information content (AvgIpc) is 3.09. The molecule has 0 aromatic heterocycles. The molecule has 5 heteroatoms. The standard InChI is InChI=1S/C43H82O5/c1-3-5-7-9-11-13-15-17-18-19-20-21-22-23-24-26-27-29-31-33-35-37-42(45)47-40-41(39-44)48-43(46)38-36-34-32-30-28-25-16-14-12-10-8-6-4-2/h17-18,41,44H,3-16,19-40H2,1-2H3/t41-/m0/s1. The van der Waals surface area contributed by atoms with Gasteiger partial charge in [-0.25, -0.2) is 0 Å². The van der Waals surface area contributed by atoms with Gasteiger partial charge in [-0.15, -0.1) is 0 Å². The highest BCUT2D eigenvalue weighted by molar-refractivity contribution is 5.70. The molecule has 1 atom stereocenters. The second-order valence-electron chi connectivity index (χ2n) is 14.4. The van der Waals surface area contributed by atoms with Gasteiger partial charge >= 0.3 is 11.9 Å². The van der Waals surface area contributed by atoms with Gasteiger partial charge in [0.1, 0.15) is 6.61 Å². The molecule has 0 bridgehead atoms. The van der Waals surface area contributed by atoms with Gasteiger partial charge in [0.25, 0.3) is 0 Å². The Morgan fingerprint density at radius 3 is 1.12 bits per heavy atom. The molecule has 0 spiro atoms. The van der Waals surface area contributed by atoms with Crippen molar-refractivity contribution in [1.82, 2.24) is 0 Å². The molecule has 0 unspecified atom stereocenters. The van der Waals surface area contributed by atoms with Crippen LogP contribution in [0, 0.1) is 0 Å². The minimum atomic E-state index is -0.764. The third kappa shape index (κ3) is 37.5. The number of allylic oxidation sites excluding steroid dienone is 2. The topological polar surface area (TPSA) is 72.8 Å². The largest absolute Gasteiger partial charge is 0.462 e. The second kappa shape index (κ2) is 40.1. The molecule has 5 nitrogen and oxygen atoms in total. The Balaban J connectivity index is 3.48. The first-order valence-corrected chi connectivity index (χ1v) is 21.2. The number of carbonyl (C=O) groups excluding carboxylic acids is 2. The zero-order valence-corrected chi connectivity index (χ0v) is 32.3. The quantitative estimate of drug-likeness (QED) is 0.0398. The van der Waals surface area contributed by atoms with Crippen molar-refractivity contribution in [3.63, 3.8) is 0 Å². The molecule has 1 N–H and O–H groups in total. The molecule has 0 aliphatic carbocycles. The summed E-state index contributed by atoms with van der Waals surface area (Å²) in [6, 6.07) is 0. The Bertz CT molecular complexity index is 691. The highest BCUT2D eigenvalue weighted by atomic mass is 16.6. The van der Waals surface area contributed by atoms with Gasteiger partial charge in [-0.3, -0.25) is 9.59 Å². The van der Waals surface area contributed by atoms with Crippen LogP contribution in [0.4, 0.5) is 0 Å². The van der Waals surface area contributed by atoms with Crippen LogP contribution in [0.25, 0.3) is 0 Å². The van der Waals surface area contributed by atoms with Crippen LogP contribution in [0.2, 0.25) is 0 Å². The fraction of sp³-hybridized carbons (Fsp3) is 0.907. The average molecular weight is 679 g/mol. The van der Waals surface area contributed by atoms with Crippen LogP contribution in [-0.2, 0) is 19.1 Å². The maximum Gasteiger partial charge on any atom is 0.306 e. The molecule has 0 rings (SSSR count). The van der Waals surface area contributed by atoms with Crippen LogP contribution in [0.3, 0.4) is 0 Å². The van der Waals surface area contributed by atoms with Gasteiger partial charge in [-0.05, 0) is 38.5 Å². The second-order valence-corrected chi connectivity index (χ2v) is 14.4. The fourth-order valence-electron chi connectivity index (χ4n) is 6.31. The Hall–Kier alpha value is -1.36. The number of hydrogen-bond donors (Lipinski definition) is 1. The maximum atomic E-state index is 12.2. The number of ether oxygens (including phenoxy) is 2. The van der Waals surface area contributed by atoms with Crippen molar-refractivity contribution < 1.29 is 24.2 Å². The number of hydrogen-bond acceptors (Lipinski definition) is 5. The molecule has 0 fully saturated rings. The number of rotatable bonds is 39. The van der Waals surface area contributed by atoms with Gasteiger partial charge in [0.2, 0.25) is 0 Å². The van der Waals surface area contributed by atoms with Crippen molar-refractivity contribution in [3.05, 3.63) is 12.2 Å². The Morgan fingerprint density at radius 2 is 0.771 bits per heavy atom. The summed E-state index contributed by atoms with van der Waals surface area (Å²) in [5, 5.41) is 9.56. The van der Waals surface area contributed by atoms with E-state index in [2.05, 4.69) is 26.0 Å². The summed E-state index contributed by atoms with van der Waals surface area (Å²) in [6.45, 7) is 4.15. The van der Waals surface area contributed by atoms with E-state index in [1.165, 1.54) is 167 Å². The molecular formula is C43H82O5.